The number of carbonyl (C=O) groups excluding carboxylic acids is 1. The van der Waals surface area contributed by atoms with Gasteiger partial charge in [0.2, 0.25) is 5.91 Å². The van der Waals surface area contributed by atoms with Gasteiger partial charge >= 0.3 is 0 Å². The van der Waals surface area contributed by atoms with Gasteiger partial charge in [-0.2, -0.15) is 5.10 Å². The molecule has 0 unspecified atom stereocenters. The maximum atomic E-state index is 11.8. The monoisotopic (exact) mass is 324 g/mol. The van der Waals surface area contributed by atoms with Gasteiger partial charge in [-0.05, 0) is 24.6 Å². The predicted octanol–water partition coefficient (Wildman–Crippen LogP) is 3.04. The average Bonchev–Trinajstić information content (AvgIpc) is 3.18. The van der Waals surface area contributed by atoms with Crippen LogP contribution in [0.3, 0.4) is 0 Å². The molecule has 1 amide bonds. The summed E-state index contributed by atoms with van der Waals surface area (Å²) in [6.45, 7) is 2.08. The molecule has 5 nitrogen and oxygen atoms in total. The first-order valence-electron chi connectivity index (χ1n) is 7.39. The summed E-state index contributed by atoms with van der Waals surface area (Å²) >= 11 is 1.67. The fourth-order valence-corrected chi connectivity index (χ4v) is 3.85. The zero-order valence-corrected chi connectivity index (χ0v) is 14.0. The van der Waals surface area contributed by atoms with Crippen LogP contribution in [-0.2, 0) is 18.3 Å². The van der Waals surface area contributed by atoms with Crippen molar-refractivity contribution in [2.45, 2.75) is 13.3 Å². The third kappa shape index (κ3) is 2.26. The second kappa shape index (κ2) is 5.03. The molecule has 0 spiro atoms. The maximum Gasteiger partial charge on any atom is 0.231 e. The van der Waals surface area contributed by atoms with E-state index in [1.54, 1.807) is 20.9 Å². The molecule has 4 rings (SSSR count). The van der Waals surface area contributed by atoms with E-state index in [0.717, 1.165) is 33.1 Å². The largest absolute Gasteiger partial charge is 0.315 e. The van der Waals surface area contributed by atoms with Gasteiger partial charge in [0.1, 0.15) is 5.01 Å². The number of hydrogen-bond donors (Lipinski definition) is 0. The Bertz CT molecular complexity index is 925. The molecular formula is C17H16N4OS. The maximum absolute atomic E-state index is 11.8. The second-order valence-corrected chi connectivity index (χ2v) is 7.00. The number of anilines is 1. The summed E-state index contributed by atoms with van der Waals surface area (Å²) in [5.41, 5.74) is 5.15. The van der Waals surface area contributed by atoms with Crippen molar-refractivity contribution in [1.82, 2.24) is 14.8 Å². The highest BCUT2D eigenvalue weighted by Gasteiger charge is 2.24. The molecule has 3 aromatic rings. The Morgan fingerprint density at radius 2 is 2.04 bits per heavy atom. The van der Waals surface area contributed by atoms with Gasteiger partial charge in [0.05, 0.1) is 18.3 Å². The number of nitrogens with zero attached hydrogens (tertiary/aromatic N) is 4. The molecule has 0 N–H and O–H groups in total. The normalized spacial score (nSPS) is 13.7. The fraction of sp³-hybridized carbons (Fsp3) is 0.235. The quantitative estimate of drug-likeness (QED) is 0.728. The van der Waals surface area contributed by atoms with Gasteiger partial charge in [0, 0.05) is 42.0 Å². The smallest absolute Gasteiger partial charge is 0.231 e. The molecule has 0 fully saturated rings. The summed E-state index contributed by atoms with van der Waals surface area (Å²) in [6, 6.07) is 6.15. The predicted molar refractivity (Wildman–Crippen MR) is 91.6 cm³/mol. The fourth-order valence-electron chi connectivity index (χ4n) is 2.94. The SMILES string of the molecule is Cc1sc(-c2cnn(C)c2)nc1-c1ccc2c(c1)CC(=O)N2C. The van der Waals surface area contributed by atoms with E-state index in [4.69, 9.17) is 4.98 Å². The topological polar surface area (TPSA) is 51.0 Å². The lowest BCUT2D eigenvalue weighted by Crippen LogP contribution is -2.20. The van der Waals surface area contributed by atoms with Crippen molar-refractivity contribution in [3.8, 4) is 21.8 Å². The Balaban J connectivity index is 1.76. The van der Waals surface area contributed by atoms with Crippen LogP contribution in [0.1, 0.15) is 10.4 Å². The van der Waals surface area contributed by atoms with Crippen LogP contribution in [-0.4, -0.2) is 27.7 Å². The summed E-state index contributed by atoms with van der Waals surface area (Å²) < 4.78 is 1.78. The Hall–Kier alpha value is -2.47. The molecule has 2 aromatic heterocycles. The van der Waals surface area contributed by atoms with E-state index < -0.39 is 0 Å². The summed E-state index contributed by atoms with van der Waals surface area (Å²) in [5, 5.41) is 5.18. The number of fused-ring (bicyclic) bond motifs is 1. The van der Waals surface area contributed by atoms with Gasteiger partial charge in [-0.25, -0.2) is 4.98 Å². The summed E-state index contributed by atoms with van der Waals surface area (Å²) in [5.74, 6) is 0.142. The zero-order valence-electron chi connectivity index (χ0n) is 13.2. The number of rotatable bonds is 2. The van der Waals surface area contributed by atoms with E-state index >= 15 is 0 Å². The van der Waals surface area contributed by atoms with Gasteiger partial charge < -0.3 is 4.90 Å². The summed E-state index contributed by atoms with van der Waals surface area (Å²) in [7, 11) is 3.72. The minimum absolute atomic E-state index is 0.142. The van der Waals surface area contributed by atoms with E-state index in [1.165, 1.54) is 4.88 Å². The van der Waals surface area contributed by atoms with Crippen LogP contribution in [0.2, 0.25) is 0 Å². The lowest BCUT2D eigenvalue weighted by Gasteiger charge is -2.10. The number of aromatic nitrogens is 3. The Morgan fingerprint density at radius 1 is 1.22 bits per heavy atom. The van der Waals surface area contributed by atoms with Gasteiger partial charge in [0.25, 0.3) is 0 Å². The van der Waals surface area contributed by atoms with Crippen molar-refractivity contribution in [3.63, 3.8) is 0 Å². The molecule has 0 saturated carbocycles. The third-order valence-electron chi connectivity index (χ3n) is 4.18. The molecule has 1 aromatic carbocycles. The number of benzene rings is 1. The number of thiazole rings is 1. The van der Waals surface area contributed by atoms with E-state index in [0.29, 0.717) is 6.42 Å². The van der Waals surface area contributed by atoms with Crippen molar-refractivity contribution in [2.75, 3.05) is 11.9 Å². The Morgan fingerprint density at radius 3 is 2.78 bits per heavy atom. The van der Waals surface area contributed by atoms with Crippen LogP contribution >= 0.6 is 11.3 Å². The molecule has 0 radical (unpaired) electrons. The van der Waals surface area contributed by atoms with Crippen LogP contribution in [0.4, 0.5) is 5.69 Å². The first-order valence-corrected chi connectivity index (χ1v) is 8.21. The molecule has 1 aliphatic heterocycles. The minimum atomic E-state index is 0.142. The van der Waals surface area contributed by atoms with Crippen molar-refractivity contribution in [3.05, 3.63) is 41.0 Å². The van der Waals surface area contributed by atoms with Crippen molar-refractivity contribution < 1.29 is 4.79 Å². The average molecular weight is 324 g/mol. The standard InChI is InChI=1S/C17H16N4OS/c1-10-16(19-17(23-10)13-8-18-20(2)9-13)11-4-5-14-12(6-11)7-15(22)21(14)3/h4-6,8-9H,7H2,1-3H3. The highest BCUT2D eigenvalue weighted by atomic mass is 32.1. The van der Waals surface area contributed by atoms with Gasteiger partial charge in [-0.15, -0.1) is 11.3 Å². The molecule has 116 valence electrons. The van der Waals surface area contributed by atoms with Gasteiger partial charge in [-0.1, -0.05) is 6.07 Å². The zero-order chi connectivity index (χ0) is 16.1. The van der Waals surface area contributed by atoms with Crippen LogP contribution < -0.4 is 4.90 Å². The van der Waals surface area contributed by atoms with Crippen molar-refractivity contribution >= 4 is 22.9 Å². The van der Waals surface area contributed by atoms with E-state index in [2.05, 4.69) is 18.1 Å². The molecule has 3 heterocycles. The minimum Gasteiger partial charge on any atom is -0.315 e. The highest BCUT2D eigenvalue weighted by Crippen LogP contribution is 2.36. The number of amides is 1. The highest BCUT2D eigenvalue weighted by molar-refractivity contribution is 7.15. The van der Waals surface area contributed by atoms with E-state index in [9.17, 15) is 4.79 Å². The van der Waals surface area contributed by atoms with E-state index in [-0.39, 0.29) is 5.91 Å². The molecule has 0 bridgehead atoms. The summed E-state index contributed by atoms with van der Waals surface area (Å²) in [6.07, 6.45) is 4.27. The van der Waals surface area contributed by atoms with Crippen LogP contribution in [0, 0.1) is 6.92 Å². The van der Waals surface area contributed by atoms with Crippen molar-refractivity contribution in [1.29, 1.82) is 0 Å². The van der Waals surface area contributed by atoms with Crippen LogP contribution in [0.5, 0.6) is 0 Å². The van der Waals surface area contributed by atoms with Gasteiger partial charge in [-0.3, -0.25) is 9.48 Å². The molecule has 23 heavy (non-hydrogen) atoms. The third-order valence-corrected chi connectivity index (χ3v) is 5.20. The first kappa shape index (κ1) is 14.1. The van der Waals surface area contributed by atoms with Crippen LogP contribution in [0.25, 0.3) is 21.8 Å². The number of hydrogen-bond acceptors (Lipinski definition) is 4. The number of carbonyl (C=O) groups is 1. The lowest BCUT2D eigenvalue weighted by atomic mass is 10.1. The van der Waals surface area contributed by atoms with Crippen molar-refractivity contribution in [2.24, 2.45) is 7.05 Å². The lowest BCUT2D eigenvalue weighted by molar-refractivity contribution is -0.117. The molecule has 0 atom stereocenters. The van der Waals surface area contributed by atoms with Gasteiger partial charge in [0.15, 0.2) is 0 Å². The molecule has 0 saturated heterocycles. The molecular weight excluding hydrogens is 308 g/mol. The molecule has 0 aliphatic carbocycles. The second-order valence-electron chi connectivity index (χ2n) is 5.80. The number of likely N-dealkylation sites (N-methyl/N-ethyl adjacent to an activating group) is 1. The number of aryl methyl sites for hydroxylation is 2. The Kier molecular flexibility index (Phi) is 3.09. The Labute approximate surface area is 138 Å². The molecule has 1 aliphatic rings. The van der Waals surface area contributed by atoms with Crippen LogP contribution in [0.15, 0.2) is 30.6 Å². The van der Waals surface area contributed by atoms with E-state index in [1.807, 2.05) is 38.6 Å². The molecule has 6 heteroatoms. The summed E-state index contributed by atoms with van der Waals surface area (Å²) in [4.78, 5) is 19.5. The first-order chi connectivity index (χ1) is 11.0.